The van der Waals surface area contributed by atoms with Gasteiger partial charge in [-0.15, -0.1) is 0 Å². The summed E-state index contributed by atoms with van der Waals surface area (Å²) in [6, 6.07) is 7.58. The van der Waals surface area contributed by atoms with Crippen LogP contribution in [-0.2, 0) is 11.3 Å². The second kappa shape index (κ2) is 6.84. The lowest BCUT2D eigenvalue weighted by Gasteiger charge is -2.08. The number of nitrogens with zero attached hydrogens (tertiary/aromatic N) is 1. The van der Waals surface area contributed by atoms with Gasteiger partial charge in [0.05, 0.1) is 6.61 Å². The minimum atomic E-state index is -0.242. The lowest BCUT2D eigenvalue weighted by Crippen LogP contribution is -2.15. The Morgan fingerprint density at radius 2 is 2.19 bits per heavy atom. The number of methoxy groups -OCH3 is 1. The van der Waals surface area contributed by atoms with Crippen molar-refractivity contribution in [3.63, 3.8) is 0 Å². The number of carbonyl (C=O) groups is 1. The number of hydrogen-bond acceptors (Lipinski definition) is 5. The van der Waals surface area contributed by atoms with Gasteiger partial charge in [-0.3, -0.25) is 4.79 Å². The topological polar surface area (TPSA) is 69.3 Å². The quantitative estimate of drug-likeness (QED) is 0.830. The van der Waals surface area contributed by atoms with Crippen molar-refractivity contribution in [2.24, 2.45) is 0 Å². The Labute approximate surface area is 132 Å². The van der Waals surface area contributed by atoms with Crippen molar-refractivity contribution in [3.8, 4) is 0 Å². The number of aryl methyl sites for hydroxylation is 1. The third-order valence-electron chi connectivity index (χ3n) is 3.05. The molecule has 21 heavy (non-hydrogen) atoms. The molecule has 0 unspecified atom stereocenters. The molecule has 0 fully saturated rings. The van der Waals surface area contributed by atoms with Gasteiger partial charge in [0.25, 0.3) is 5.91 Å². The first-order chi connectivity index (χ1) is 10.0. The molecule has 0 aliphatic carbocycles. The van der Waals surface area contributed by atoms with E-state index in [0.717, 1.165) is 11.3 Å². The Morgan fingerprint density at radius 1 is 1.48 bits per heavy atom. The zero-order chi connectivity index (χ0) is 15.4. The van der Waals surface area contributed by atoms with E-state index in [0.29, 0.717) is 27.8 Å². The Kier molecular flexibility index (Phi) is 5.11. The van der Waals surface area contributed by atoms with Crippen LogP contribution in [0.3, 0.4) is 0 Å². The highest BCUT2D eigenvalue weighted by atomic mass is 32.1. The van der Waals surface area contributed by atoms with Crippen molar-refractivity contribution >= 4 is 41.0 Å². The van der Waals surface area contributed by atoms with Gasteiger partial charge in [0.2, 0.25) is 0 Å². The molecule has 3 N–H and O–H groups in total. The molecule has 0 atom stereocenters. The monoisotopic (exact) mass is 323 g/mol. The number of nitrogens with two attached hydrogens (primary N) is 1. The van der Waals surface area contributed by atoms with Crippen LogP contribution in [0.15, 0.2) is 24.3 Å². The normalized spacial score (nSPS) is 10.6. The fourth-order valence-corrected chi connectivity index (χ4v) is 3.14. The van der Waals surface area contributed by atoms with Gasteiger partial charge in [-0.2, -0.15) is 0 Å². The lowest BCUT2D eigenvalue weighted by molar-refractivity contribution is 0.103. The van der Waals surface area contributed by atoms with Gasteiger partial charge < -0.3 is 20.4 Å². The molecular weight excluding hydrogens is 306 g/mol. The molecule has 0 saturated heterocycles. The number of ether oxygens (including phenoxy) is 1. The van der Waals surface area contributed by atoms with E-state index >= 15 is 0 Å². The van der Waals surface area contributed by atoms with E-state index in [2.05, 4.69) is 5.32 Å². The summed E-state index contributed by atoms with van der Waals surface area (Å²) < 4.78 is 7.31. The molecule has 0 bridgehead atoms. The summed E-state index contributed by atoms with van der Waals surface area (Å²) in [5, 5.41) is 2.86. The van der Waals surface area contributed by atoms with Gasteiger partial charge >= 0.3 is 0 Å². The first kappa shape index (κ1) is 15.7. The SMILES string of the molecule is COCCn1c(N)c(C(=O)Nc2ccccc2C)sc1=S. The number of benzene rings is 1. The summed E-state index contributed by atoms with van der Waals surface area (Å²) in [5.74, 6) is 0.141. The van der Waals surface area contributed by atoms with E-state index in [1.54, 1.807) is 11.7 Å². The number of nitrogens with one attached hydrogen (secondary N) is 1. The first-order valence-corrected chi connectivity index (χ1v) is 7.62. The van der Waals surface area contributed by atoms with Crippen LogP contribution in [0.4, 0.5) is 11.5 Å². The predicted molar refractivity (Wildman–Crippen MR) is 88.6 cm³/mol. The third-order valence-corrected chi connectivity index (χ3v) is 4.52. The minimum Gasteiger partial charge on any atom is -0.384 e. The van der Waals surface area contributed by atoms with Gasteiger partial charge in [0.15, 0.2) is 3.95 Å². The maximum absolute atomic E-state index is 12.4. The third kappa shape index (κ3) is 3.49. The van der Waals surface area contributed by atoms with Crippen LogP contribution in [0.25, 0.3) is 0 Å². The molecule has 0 aliphatic rings. The van der Waals surface area contributed by atoms with E-state index in [1.807, 2.05) is 31.2 Å². The Balaban J connectivity index is 2.24. The number of anilines is 2. The van der Waals surface area contributed by atoms with Crippen LogP contribution < -0.4 is 11.1 Å². The van der Waals surface area contributed by atoms with E-state index in [-0.39, 0.29) is 5.91 Å². The number of hydrogen-bond donors (Lipinski definition) is 2. The number of thiazole rings is 1. The number of nitrogen functional groups attached to an aromatic ring is 1. The van der Waals surface area contributed by atoms with Crippen LogP contribution in [0, 0.1) is 10.9 Å². The number of carbonyl (C=O) groups excluding carboxylic acids is 1. The minimum absolute atomic E-state index is 0.242. The van der Waals surface area contributed by atoms with E-state index in [9.17, 15) is 4.79 Å². The molecule has 1 aromatic carbocycles. The molecule has 0 spiro atoms. The summed E-state index contributed by atoms with van der Waals surface area (Å²) in [7, 11) is 1.61. The van der Waals surface area contributed by atoms with E-state index < -0.39 is 0 Å². The van der Waals surface area contributed by atoms with Crippen molar-refractivity contribution in [2.45, 2.75) is 13.5 Å². The Morgan fingerprint density at radius 3 is 2.86 bits per heavy atom. The molecule has 2 aromatic rings. The lowest BCUT2D eigenvalue weighted by atomic mass is 10.2. The van der Waals surface area contributed by atoms with E-state index in [4.69, 9.17) is 22.7 Å². The maximum Gasteiger partial charge on any atom is 0.269 e. The smallest absolute Gasteiger partial charge is 0.269 e. The molecular formula is C14H17N3O2S2. The van der Waals surface area contributed by atoms with Crippen molar-refractivity contribution in [1.82, 2.24) is 4.57 Å². The Hall–Kier alpha value is -1.70. The summed E-state index contributed by atoms with van der Waals surface area (Å²) in [6.07, 6.45) is 0. The highest BCUT2D eigenvalue weighted by Crippen LogP contribution is 2.24. The second-order valence-electron chi connectivity index (χ2n) is 4.50. The molecule has 2 rings (SSSR count). The number of aromatic nitrogens is 1. The fraction of sp³-hybridized carbons (Fsp3) is 0.286. The molecule has 1 aromatic heterocycles. The predicted octanol–water partition coefficient (Wildman–Crippen LogP) is 3.07. The van der Waals surface area contributed by atoms with Crippen molar-refractivity contribution in [1.29, 1.82) is 0 Å². The molecule has 0 saturated carbocycles. The molecule has 0 radical (unpaired) electrons. The van der Waals surface area contributed by atoms with Crippen molar-refractivity contribution in [2.75, 3.05) is 24.8 Å². The number of rotatable bonds is 5. The molecule has 0 aliphatic heterocycles. The standard InChI is InChI=1S/C14H17N3O2S2/c1-9-5-3-4-6-10(9)16-13(18)11-12(15)17(7-8-19-2)14(20)21-11/h3-6H,7-8,15H2,1-2H3,(H,16,18). The number of para-hydroxylation sites is 1. The van der Waals surface area contributed by atoms with Gasteiger partial charge in [0.1, 0.15) is 10.7 Å². The summed E-state index contributed by atoms with van der Waals surface area (Å²) in [4.78, 5) is 12.8. The van der Waals surface area contributed by atoms with Crippen LogP contribution in [0.5, 0.6) is 0 Å². The summed E-state index contributed by atoms with van der Waals surface area (Å²) >= 11 is 6.46. The summed E-state index contributed by atoms with van der Waals surface area (Å²) in [6.45, 7) is 2.97. The van der Waals surface area contributed by atoms with Gasteiger partial charge in [-0.25, -0.2) is 0 Å². The van der Waals surface area contributed by atoms with Crippen molar-refractivity contribution in [3.05, 3.63) is 38.7 Å². The van der Waals surface area contributed by atoms with Gasteiger partial charge in [-0.05, 0) is 30.8 Å². The molecule has 5 nitrogen and oxygen atoms in total. The zero-order valence-electron chi connectivity index (χ0n) is 11.9. The average Bonchev–Trinajstić information content (AvgIpc) is 2.74. The average molecular weight is 323 g/mol. The fourth-order valence-electron chi connectivity index (χ4n) is 1.86. The van der Waals surface area contributed by atoms with Crippen LogP contribution in [0.1, 0.15) is 15.2 Å². The van der Waals surface area contributed by atoms with E-state index in [1.165, 1.54) is 11.3 Å². The highest BCUT2D eigenvalue weighted by Gasteiger charge is 2.17. The number of amides is 1. The zero-order valence-corrected chi connectivity index (χ0v) is 13.5. The van der Waals surface area contributed by atoms with Gasteiger partial charge in [-0.1, -0.05) is 29.5 Å². The Bertz CT molecular complexity index is 706. The van der Waals surface area contributed by atoms with Crippen LogP contribution in [0.2, 0.25) is 0 Å². The highest BCUT2D eigenvalue weighted by molar-refractivity contribution is 7.73. The second-order valence-corrected chi connectivity index (χ2v) is 6.14. The van der Waals surface area contributed by atoms with Crippen LogP contribution in [-0.4, -0.2) is 24.2 Å². The molecule has 1 amide bonds. The van der Waals surface area contributed by atoms with Crippen molar-refractivity contribution < 1.29 is 9.53 Å². The first-order valence-electron chi connectivity index (χ1n) is 6.39. The summed E-state index contributed by atoms with van der Waals surface area (Å²) in [5.41, 5.74) is 7.79. The van der Waals surface area contributed by atoms with Crippen LogP contribution >= 0.6 is 23.6 Å². The largest absolute Gasteiger partial charge is 0.384 e. The maximum atomic E-state index is 12.4. The van der Waals surface area contributed by atoms with Gasteiger partial charge in [0, 0.05) is 19.3 Å². The molecule has 1 heterocycles. The molecule has 112 valence electrons. The molecule has 7 heteroatoms.